The Kier molecular flexibility index (Phi) is 3.24. The first-order chi connectivity index (χ1) is 8.11. The van der Waals surface area contributed by atoms with Gasteiger partial charge in [-0.2, -0.15) is 0 Å². The summed E-state index contributed by atoms with van der Waals surface area (Å²) >= 11 is 5.22. The maximum absolute atomic E-state index is 5.22. The first kappa shape index (κ1) is 11.8. The van der Waals surface area contributed by atoms with Crippen molar-refractivity contribution in [3.63, 3.8) is 0 Å². The molecule has 1 aromatic heterocycles. The Bertz CT molecular complexity index is 587. The largest absolute Gasteiger partial charge is 0.497 e. The van der Waals surface area contributed by atoms with Gasteiger partial charge in [0.2, 0.25) is 0 Å². The van der Waals surface area contributed by atoms with Crippen molar-refractivity contribution in [2.24, 2.45) is 0 Å². The van der Waals surface area contributed by atoms with E-state index in [2.05, 4.69) is 9.97 Å². The van der Waals surface area contributed by atoms with Crippen LogP contribution in [0.3, 0.4) is 0 Å². The molecule has 0 saturated carbocycles. The number of rotatable bonds is 2. The highest BCUT2D eigenvalue weighted by molar-refractivity contribution is 7.71. The molecule has 2 aromatic rings. The minimum Gasteiger partial charge on any atom is -0.497 e. The van der Waals surface area contributed by atoms with E-state index in [9.17, 15) is 0 Å². The number of nitrogens with zero attached hydrogens (tertiary/aromatic N) is 1. The van der Waals surface area contributed by atoms with Gasteiger partial charge in [-0.25, -0.2) is 4.98 Å². The van der Waals surface area contributed by atoms with Crippen LogP contribution in [0.15, 0.2) is 24.3 Å². The number of nitrogens with one attached hydrogen (secondary N) is 1. The number of hydrogen-bond donors (Lipinski definition) is 1. The highest BCUT2D eigenvalue weighted by atomic mass is 32.1. The van der Waals surface area contributed by atoms with Gasteiger partial charge in [0.05, 0.1) is 7.11 Å². The molecule has 0 unspecified atom stereocenters. The Morgan fingerprint density at radius 1 is 1.18 bits per heavy atom. The molecule has 0 amide bonds. The summed E-state index contributed by atoms with van der Waals surface area (Å²) in [7, 11) is 1.65. The first-order valence-electron chi connectivity index (χ1n) is 5.34. The molecule has 17 heavy (non-hydrogen) atoms. The van der Waals surface area contributed by atoms with Crippen molar-refractivity contribution in [2.75, 3.05) is 7.11 Å². The molecular weight excluding hydrogens is 232 g/mol. The van der Waals surface area contributed by atoms with Crippen LogP contribution in [0.25, 0.3) is 11.4 Å². The van der Waals surface area contributed by atoms with Crippen molar-refractivity contribution in [3.05, 3.63) is 40.2 Å². The summed E-state index contributed by atoms with van der Waals surface area (Å²) in [5.41, 5.74) is 3.08. The maximum Gasteiger partial charge on any atom is 0.139 e. The quantitative estimate of drug-likeness (QED) is 0.825. The van der Waals surface area contributed by atoms with Gasteiger partial charge in [0.25, 0.3) is 0 Å². The normalized spacial score (nSPS) is 10.3. The zero-order valence-electron chi connectivity index (χ0n) is 10.1. The molecule has 0 saturated heterocycles. The van der Waals surface area contributed by atoms with Crippen molar-refractivity contribution in [1.82, 2.24) is 9.97 Å². The second-order valence-corrected chi connectivity index (χ2v) is 4.26. The highest BCUT2D eigenvalue weighted by Gasteiger charge is 2.04. The third-order valence-corrected chi connectivity index (χ3v) is 3.16. The molecule has 3 nitrogen and oxygen atoms in total. The van der Waals surface area contributed by atoms with Gasteiger partial charge in [-0.1, -0.05) is 12.2 Å². The van der Waals surface area contributed by atoms with Crippen LogP contribution in [0.4, 0.5) is 0 Å². The lowest BCUT2D eigenvalue weighted by Gasteiger charge is -2.06. The van der Waals surface area contributed by atoms with Crippen LogP contribution in [0.5, 0.6) is 5.75 Å². The fraction of sp³-hybridized carbons (Fsp3) is 0.231. The predicted molar refractivity (Wildman–Crippen MR) is 70.9 cm³/mol. The van der Waals surface area contributed by atoms with E-state index in [0.29, 0.717) is 4.64 Å². The van der Waals surface area contributed by atoms with Crippen LogP contribution < -0.4 is 4.74 Å². The van der Waals surface area contributed by atoms with Gasteiger partial charge >= 0.3 is 0 Å². The molecule has 4 heteroatoms. The SMILES string of the molecule is COc1ccc(-c2nc(=S)c(C)c(C)[nH]2)cc1. The zero-order valence-corrected chi connectivity index (χ0v) is 10.9. The van der Waals surface area contributed by atoms with Crippen molar-refractivity contribution in [2.45, 2.75) is 13.8 Å². The monoisotopic (exact) mass is 246 g/mol. The molecule has 1 aromatic carbocycles. The Labute approximate surface area is 105 Å². The highest BCUT2D eigenvalue weighted by Crippen LogP contribution is 2.20. The van der Waals surface area contributed by atoms with E-state index < -0.39 is 0 Å². The van der Waals surface area contributed by atoms with Crippen LogP contribution in [0.2, 0.25) is 0 Å². The van der Waals surface area contributed by atoms with Crippen molar-refractivity contribution in [3.8, 4) is 17.1 Å². The summed E-state index contributed by atoms with van der Waals surface area (Å²) in [4.78, 5) is 7.63. The molecule has 0 aliphatic rings. The summed E-state index contributed by atoms with van der Waals surface area (Å²) in [5, 5.41) is 0. The third-order valence-electron chi connectivity index (χ3n) is 2.77. The predicted octanol–water partition coefficient (Wildman–Crippen LogP) is 3.43. The Balaban J connectivity index is 2.49. The molecule has 0 atom stereocenters. The van der Waals surface area contributed by atoms with Gasteiger partial charge in [-0.3, -0.25) is 0 Å². The molecule has 0 bridgehead atoms. The third kappa shape index (κ3) is 2.36. The van der Waals surface area contributed by atoms with Crippen LogP contribution in [-0.2, 0) is 0 Å². The Morgan fingerprint density at radius 3 is 2.35 bits per heavy atom. The summed E-state index contributed by atoms with van der Waals surface area (Å²) < 4.78 is 5.77. The standard InChI is InChI=1S/C13H14N2OS/c1-8-9(2)14-12(15-13(8)17)10-4-6-11(16-3)7-5-10/h4-7H,1-3H3,(H,14,15,17). The van der Waals surface area contributed by atoms with Gasteiger partial charge in [0.1, 0.15) is 16.2 Å². The van der Waals surface area contributed by atoms with Gasteiger partial charge < -0.3 is 9.72 Å². The zero-order chi connectivity index (χ0) is 12.4. The van der Waals surface area contributed by atoms with E-state index in [4.69, 9.17) is 17.0 Å². The summed E-state index contributed by atoms with van der Waals surface area (Å²) in [6, 6.07) is 7.73. The fourth-order valence-corrected chi connectivity index (χ4v) is 1.78. The summed E-state index contributed by atoms with van der Waals surface area (Å²) in [6.07, 6.45) is 0. The second kappa shape index (κ2) is 4.67. The molecule has 0 aliphatic heterocycles. The average Bonchev–Trinajstić information content (AvgIpc) is 2.35. The molecule has 88 valence electrons. The van der Waals surface area contributed by atoms with Crippen LogP contribution in [0.1, 0.15) is 11.3 Å². The van der Waals surface area contributed by atoms with E-state index >= 15 is 0 Å². The van der Waals surface area contributed by atoms with Gasteiger partial charge in [-0.15, -0.1) is 0 Å². The Morgan fingerprint density at radius 2 is 1.82 bits per heavy atom. The van der Waals surface area contributed by atoms with Crippen LogP contribution >= 0.6 is 12.2 Å². The smallest absolute Gasteiger partial charge is 0.139 e. The lowest BCUT2D eigenvalue weighted by Crippen LogP contribution is -1.96. The molecular formula is C13H14N2OS. The molecule has 0 fully saturated rings. The number of aryl methyl sites for hydroxylation is 1. The summed E-state index contributed by atoms with van der Waals surface area (Å²) in [6.45, 7) is 3.97. The van der Waals surface area contributed by atoms with E-state index in [1.54, 1.807) is 7.11 Å². The molecule has 0 aliphatic carbocycles. The second-order valence-electron chi connectivity index (χ2n) is 3.87. The van der Waals surface area contributed by atoms with Gasteiger partial charge in [0, 0.05) is 16.8 Å². The Hall–Kier alpha value is -1.68. The summed E-state index contributed by atoms with van der Waals surface area (Å²) in [5.74, 6) is 1.62. The number of ether oxygens (including phenoxy) is 1. The van der Waals surface area contributed by atoms with Crippen molar-refractivity contribution in [1.29, 1.82) is 0 Å². The van der Waals surface area contributed by atoms with E-state index in [1.807, 2.05) is 38.1 Å². The number of aromatic amines is 1. The van der Waals surface area contributed by atoms with E-state index in [1.165, 1.54) is 0 Å². The van der Waals surface area contributed by atoms with Gasteiger partial charge in [0.15, 0.2) is 0 Å². The number of methoxy groups -OCH3 is 1. The molecule has 0 spiro atoms. The minimum atomic E-state index is 0.645. The lowest BCUT2D eigenvalue weighted by atomic mass is 10.2. The molecule has 1 N–H and O–H groups in total. The number of aromatic nitrogens is 2. The van der Waals surface area contributed by atoms with Gasteiger partial charge in [-0.05, 0) is 38.1 Å². The van der Waals surface area contributed by atoms with E-state index in [-0.39, 0.29) is 0 Å². The number of hydrogen-bond acceptors (Lipinski definition) is 3. The van der Waals surface area contributed by atoms with Crippen molar-refractivity contribution < 1.29 is 4.74 Å². The lowest BCUT2D eigenvalue weighted by molar-refractivity contribution is 0.415. The maximum atomic E-state index is 5.22. The van der Waals surface area contributed by atoms with Crippen LogP contribution in [-0.4, -0.2) is 17.1 Å². The average molecular weight is 246 g/mol. The molecule has 0 radical (unpaired) electrons. The number of benzene rings is 1. The minimum absolute atomic E-state index is 0.645. The molecule has 2 rings (SSSR count). The number of H-pyrrole nitrogens is 1. The van der Waals surface area contributed by atoms with E-state index in [0.717, 1.165) is 28.4 Å². The molecule has 1 heterocycles. The van der Waals surface area contributed by atoms with Crippen molar-refractivity contribution >= 4 is 12.2 Å². The van der Waals surface area contributed by atoms with Crippen LogP contribution in [0, 0.1) is 18.5 Å². The fourth-order valence-electron chi connectivity index (χ4n) is 1.53. The first-order valence-corrected chi connectivity index (χ1v) is 5.74. The topological polar surface area (TPSA) is 37.9 Å².